The molecule has 0 spiro atoms. The molecule has 0 saturated carbocycles. The van der Waals surface area contributed by atoms with E-state index in [2.05, 4.69) is 10.2 Å². The molecule has 1 aromatic heterocycles. The molecule has 0 N–H and O–H groups in total. The maximum atomic E-state index is 14.0. The Morgan fingerprint density at radius 1 is 0.852 bits per heavy atom. The van der Waals surface area contributed by atoms with Crippen LogP contribution in [-0.4, -0.2) is 14.8 Å². The van der Waals surface area contributed by atoms with Crippen molar-refractivity contribution in [3.05, 3.63) is 95.3 Å². The van der Waals surface area contributed by atoms with Crippen LogP contribution in [0, 0.1) is 5.82 Å². The van der Waals surface area contributed by atoms with Gasteiger partial charge in [0, 0.05) is 17.0 Å². The Balaban J connectivity index is 1.76. The number of nitrogens with zero attached hydrogens (tertiary/aromatic N) is 3. The number of hydrogen-bond donors (Lipinski definition) is 0. The molecule has 27 heavy (non-hydrogen) atoms. The molecule has 134 valence electrons. The number of benzene rings is 3. The second kappa shape index (κ2) is 7.94. The van der Waals surface area contributed by atoms with Crippen molar-refractivity contribution in [2.45, 2.75) is 10.9 Å². The van der Waals surface area contributed by atoms with E-state index >= 15 is 0 Å². The summed E-state index contributed by atoms with van der Waals surface area (Å²) in [6, 6.07) is 24.1. The van der Waals surface area contributed by atoms with Crippen molar-refractivity contribution in [1.29, 1.82) is 0 Å². The van der Waals surface area contributed by atoms with Crippen molar-refractivity contribution < 1.29 is 4.39 Å². The molecule has 0 unspecified atom stereocenters. The molecule has 0 radical (unpaired) electrons. The lowest BCUT2D eigenvalue weighted by molar-refractivity contribution is 0.617. The minimum atomic E-state index is -0.220. The second-order valence-electron chi connectivity index (χ2n) is 5.84. The summed E-state index contributed by atoms with van der Waals surface area (Å²) in [6.07, 6.45) is 0. The van der Waals surface area contributed by atoms with E-state index in [1.54, 1.807) is 12.1 Å². The first-order valence-corrected chi connectivity index (χ1v) is 9.72. The van der Waals surface area contributed by atoms with Crippen molar-refractivity contribution in [3.8, 4) is 17.1 Å². The molecule has 0 fully saturated rings. The molecule has 0 aliphatic carbocycles. The molecule has 4 rings (SSSR count). The van der Waals surface area contributed by atoms with Crippen molar-refractivity contribution in [2.24, 2.45) is 0 Å². The fourth-order valence-corrected chi connectivity index (χ4v) is 3.91. The van der Waals surface area contributed by atoms with Crippen LogP contribution in [0.1, 0.15) is 5.56 Å². The first-order chi connectivity index (χ1) is 13.2. The van der Waals surface area contributed by atoms with Gasteiger partial charge in [-0.3, -0.25) is 4.57 Å². The smallest absolute Gasteiger partial charge is 0.196 e. The minimum Gasteiger partial charge on any atom is -0.270 e. The fraction of sp³-hybridized carbons (Fsp3) is 0.0476. The minimum absolute atomic E-state index is 0.220. The molecule has 0 amide bonds. The van der Waals surface area contributed by atoms with E-state index in [1.165, 1.54) is 17.8 Å². The molecule has 1 heterocycles. The van der Waals surface area contributed by atoms with Crippen LogP contribution in [0.3, 0.4) is 0 Å². The zero-order valence-corrected chi connectivity index (χ0v) is 15.8. The van der Waals surface area contributed by atoms with Crippen molar-refractivity contribution in [3.63, 3.8) is 0 Å². The third-order valence-corrected chi connectivity index (χ3v) is 5.38. The summed E-state index contributed by atoms with van der Waals surface area (Å²) in [5.74, 6) is 0.894. The van der Waals surface area contributed by atoms with Gasteiger partial charge in [0.05, 0.1) is 5.02 Å². The highest BCUT2D eigenvalue weighted by atomic mass is 35.5. The molecular formula is C21H15ClFN3S. The van der Waals surface area contributed by atoms with Gasteiger partial charge in [0.25, 0.3) is 0 Å². The van der Waals surface area contributed by atoms with Crippen LogP contribution in [0.4, 0.5) is 4.39 Å². The van der Waals surface area contributed by atoms with E-state index in [4.69, 9.17) is 11.6 Å². The Bertz CT molecular complexity index is 1070. The van der Waals surface area contributed by atoms with E-state index < -0.39 is 0 Å². The summed E-state index contributed by atoms with van der Waals surface area (Å²) in [5.41, 5.74) is 2.35. The average Bonchev–Trinajstić information content (AvgIpc) is 3.12. The highest BCUT2D eigenvalue weighted by Gasteiger charge is 2.18. The van der Waals surface area contributed by atoms with Gasteiger partial charge in [-0.1, -0.05) is 71.9 Å². The molecular weight excluding hydrogens is 381 g/mol. The molecule has 0 aliphatic rings. The summed E-state index contributed by atoms with van der Waals surface area (Å²) in [5, 5.41) is 10.0. The predicted molar refractivity (Wildman–Crippen MR) is 108 cm³/mol. The van der Waals surface area contributed by atoms with Gasteiger partial charge in [-0.25, -0.2) is 4.39 Å². The summed E-state index contributed by atoms with van der Waals surface area (Å²) in [6.45, 7) is 0. The number of hydrogen-bond acceptors (Lipinski definition) is 3. The third-order valence-electron chi connectivity index (χ3n) is 4.08. The van der Waals surface area contributed by atoms with Crippen molar-refractivity contribution >= 4 is 23.4 Å². The van der Waals surface area contributed by atoms with Crippen LogP contribution in [0.2, 0.25) is 5.02 Å². The van der Waals surface area contributed by atoms with Gasteiger partial charge in [0.2, 0.25) is 0 Å². The molecule has 0 aliphatic heterocycles. The topological polar surface area (TPSA) is 30.7 Å². The Morgan fingerprint density at radius 3 is 2.33 bits per heavy atom. The number of thioether (sulfide) groups is 1. The molecule has 4 aromatic rings. The van der Waals surface area contributed by atoms with Crippen LogP contribution >= 0.6 is 23.4 Å². The van der Waals surface area contributed by atoms with Crippen LogP contribution in [0.15, 0.2) is 84.0 Å². The van der Waals surface area contributed by atoms with Gasteiger partial charge >= 0.3 is 0 Å². The second-order valence-corrected chi connectivity index (χ2v) is 7.19. The molecule has 3 nitrogen and oxygen atoms in total. The Kier molecular flexibility index (Phi) is 5.23. The number of halogens is 2. The predicted octanol–water partition coefficient (Wildman–Crippen LogP) is 6.02. The number of para-hydroxylation sites is 1. The SMILES string of the molecule is Fc1ccccc1CSc1nnc(-c2ccccc2Cl)n1-c1ccccc1. The lowest BCUT2D eigenvalue weighted by Gasteiger charge is -2.11. The van der Waals surface area contributed by atoms with Gasteiger partial charge in [-0.05, 0) is 35.9 Å². The maximum absolute atomic E-state index is 14.0. The summed E-state index contributed by atoms with van der Waals surface area (Å²) >= 11 is 7.82. The average molecular weight is 396 g/mol. The zero-order valence-electron chi connectivity index (χ0n) is 14.2. The van der Waals surface area contributed by atoms with Crippen LogP contribution in [0.5, 0.6) is 0 Å². The Morgan fingerprint density at radius 2 is 1.56 bits per heavy atom. The lowest BCUT2D eigenvalue weighted by Crippen LogP contribution is -2.00. The highest BCUT2D eigenvalue weighted by molar-refractivity contribution is 7.98. The van der Waals surface area contributed by atoms with Crippen LogP contribution in [0.25, 0.3) is 17.1 Å². The monoisotopic (exact) mass is 395 g/mol. The standard InChI is InChI=1S/C21H15ClFN3S/c22-18-12-6-5-11-17(18)20-24-25-21(26(20)16-9-2-1-3-10-16)27-14-15-8-4-7-13-19(15)23/h1-13H,14H2. The Hall–Kier alpha value is -2.63. The molecule has 0 bridgehead atoms. The van der Waals surface area contributed by atoms with Gasteiger partial charge in [-0.2, -0.15) is 0 Å². The molecule has 0 saturated heterocycles. The quantitative estimate of drug-likeness (QED) is 0.387. The van der Waals surface area contributed by atoms with Gasteiger partial charge < -0.3 is 0 Å². The van der Waals surface area contributed by atoms with E-state index in [1.807, 2.05) is 65.2 Å². The van der Waals surface area contributed by atoms with E-state index in [-0.39, 0.29) is 5.82 Å². The number of rotatable bonds is 5. The summed E-state index contributed by atoms with van der Waals surface area (Å²) < 4.78 is 15.9. The normalized spacial score (nSPS) is 10.9. The number of aromatic nitrogens is 3. The van der Waals surface area contributed by atoms with Gasteiger partial charge in [0.1, 0.15) is 5.82 Å². The van der Waals surface area contributed by atoms with Gasteiger partial charge in [-0.15, -0.1) is 10.2 Å². The first-order valence-electron chi connectivity index (χ1n) is 8.36. The highest BCUT2D eigenvalue weighted by Crippen LogP contribution is 2.33. The van der Waals surface area contributed by atoms with E-state index in [0.29, 0.717) is 27.3 Å². The molecule has 3 aromatic carbocycles. The fourth-order valence-electron chi connectivity index (χ4n) is 2.75. The summed E-state index contributed by atoms with van der Waals surface area (Å²) in [7, 11) is 0. The zero-order chi connectivity index (χ0) is 18.6. The first kappa shape index (κ1) is 17.8. The molecule has 6 heteroatoms. The summed E-state index contributed by atoms with van der Waals surface area (Å²) in [4.78, 5) is 0. The van der Waals surface area contributed by atoms with Crippen molar-refractivity contribution in [1.82, 2.24) is 14.8 Å². The maximum Gasteiger partial charge on any atom is 0.196 e. The van der Waals surface area contributed by atoms with E-state index in [9.17, 15) is 4.39 Å². The Labute approximate surface area is 165 Å². The van der Waals surface area contributed by atoms with Crippen LogP contribution < -0.4 is 0 Å². The van der Waals surface area contributed by atoms with E-state index in [0.717, 1.165) is 11.3 Å². The van der Waals surface area contributed by atoms with Crippen LogP contribution in [-0.2, 0) is 5.75 Å². The molecule has 0 atom stereocenters. The largest absolute Gasteiger partial charge is 0.270 e. The van der Waals surface area contributed by atoms with Crippen molar-refractivity contribution in [2.75, 3.05) is 0 Å². The van der Waals surface area contributed by atoms with Gasteiger partial charge in [0.15, 0.2) is 11.0 Å². The third kappa shape index (κ3) is 3.75. The lowest BCUT2D eigenvalue weighted by atomic mass is 10.2.